The molecule has 2 aliphatic heterocycles. The number of phenolic OH excluding ortho intramolecular Hbond substituents is 1. The summed E-state index contributed by atoms with van der Waals surface area (Å²) in [6, 6.07) is 7.44. The van der Waals surface area contributed by atoms with E-state index in [0.29, 0.717) is 31.2 Å². The van der Waals surface area contributed by atoms with Gasteiger partial charge in [0.1, 0.15) is 18.3 Å². The second-order valence-electron chi connectivity index (χ2n) is 14.0. The van der Waals surface area contributed by atoms with Crippen LogP contribution in [0.3, 0.4) is 0 Å². The van der Waals surface area contributed by atoms with Crippen molar-refractivity contribution in [3.63, 3.8) is 0 Å². The van der Waals surface area contributed by atoms with Crippen molar-refractivity contribution < 1.29 is 24.1 Å². The van der Waals surface area contributed by atoms with Crippen LogP contribution in [-0.4, -0.2) is 70.2 Å². The Morgan fingerprint density at radius 2 is 1.88 bits per heavy atom. The second-order valence-corrected chi connectivity index (χ2v) is 15.3. The number of nitrogens with zero attached hydrogens (tertiary/aromatic N) is 1. The summed E-state index contributed by atoms with van der Waals surface area (Å²) in [4.78, 5) is 41.1. The summed E-state index contributed by atoms with van der Waals surface area (Å²) in [5, 5.41) is 27.2. The third-order valence-electron chi connectivity index (χ3n) is 10.4. The van der Waals surface area contributed by atoms with Crippen LogP contribution in [0.25, 0.3) is 32.6 Å². The highest BCUT2D eigenvalue weighted by Crippen LogP contribution is 2.37. The van der Waals surface area contributed by atoms with Crippen LogP contribution < -0.4 is 31.6 Å². The van der Waals surface area contributed by atoms with Crippen LogP contribution in [0, 0.1) is 13.8 Å². The third kappa shape index (κ3) is 8.12. The smallest absolute Gasteiger partial charge is 0.315 e. The summed E-state index contributed by atoms with van der Waals surface area (Å²) in [5.41, 5.74) is 10.2. The molecule has 0 bridgehead atoms. The first kappa shape index (κ1) is 35.8. The maximum absolute atomic E-state index is 13.1. The van der Waals surface area contributed by atoms with Gasteiger partial charge in [-0.05, 0) is 100 Å². The number of rotatable bonds is 17. The Kier molecular flexibility index (Phi) is 11.7. The molecule has 4 heterocycles. The quantitative estimate of drug-likeness (QED) is 0.0479. The predicted molar refractivity (Wildman–Crippen MR) is 200 cm³/mol. The van der Waals surface area contributed by atoms with Crippen LogP contribution >= 0.6 is 11.8 Å². The van der Waals surface area contributed by atoms with Crippen LogP contribution in [0.2, 0.25) is 0 Å². The topological polar surface area (TPSA) is 165 Å². The highest BCUT2D eigenvalue weighted by atomic mass is 32.2. The number of nitrogens with two attached hydrogens (primary N) is 1. The van der Waals surface area contributed by atoms with E-state index >= 15 is 0 Å². The van der Waals surface area contributed by atoms with Crippen LogP contribution in [0.1, 0.15) is 75.3 Å². The molecule has 50 heavy (non-hydrogen) atoms. The van der Waals surface area contributed by atoms with Gasteiger partial charge in [0.2, 0.25) is 11.8 Å². The molecule has 0 aliphatic carbocycles. The Morgan fingerprint density at radius 1 is 1.02 bits per heavy atom. The fraction of sp³-hybridized carbons (Fsp3) is 0.526. The first-order valence-electron chi connectivity index (χ1n) is 18.3. The Morgan fingerprint density at radius 3 is 2.72 bits per heavy atom. The molecule has 2 saturated heterocycles. The van der Waals surface area contributed by atoms with Gasteiger partial charge in [-0.3, -0.25) is 9.59 Å². The van der Waals surface area contributed by atoms with Crippen molar-refractivity contribution in [3.8, 4) is 5.75 Å². The van der Waals surface area contributed by atoms with Gasteiger partial charge >= 0.3 is 6.03 Å². The number of unbranched alkanes of at least 4 members (excludes halogenated alkanes) is 4. The lowest BCUT2D eigenvalue weighted by Crippen LogP contribution is -2.47. The number of fused-ring (bicyclic) bond motifs is 5. The standard InChI is InChI=1S/C38H51N7O4S/c1-23-28-21-45(19-15-26(28)24(2)35-34(23)27-20-25(46)13-14-29(27)42-35)18-9-3-8-17-40-37(48)30(10-6-7-16-39)41-33(47)12-5-4-11-32-36-31(22-50-32)43-38(49)44-36/h13-15,19-21,30-32,36H,3-12,16-18,22,39H2,1-2H3,(H5,40,41,43,44,46,47,48,49)/p+1. The molecule has 4 atom stereocenters. The molecule has 268 valence electrons. The molecular formula is C38H52N7O4S+. The van der Waals surface area contributed by atoms with E-state index < -0.39 is 6.04 Å². The van der Waals surface area contributed by atoms with E-state index in [1.54, 1.807) is 6.07 Å². The summed E-state index contributed by atoms with van der Waals surface area (Å²) < 4.78 is 2.24. The Labute approximate surface area is 297 Å². The number of hydrogen-bond acceptors (Lipinski definition) is 6. The molecular weight excluding hydrogens is 651 g/mol. The molecule has 2 fully saturated rings. The average molecular weight is 703 g/mol. The fourth-order valence-corrected chi connectivity index (χ4v) is 9.20. The summed E-state index contributed by atoms with van der Waals surface area (Å²) >= 11 is 1.88. The maximum atomic E-state index is 13.1. The number of aromatic amines is 1. The molecule has 4 aromatic rings. The third-order valence-corrected chi connectivity index (χ3v) is 11.9. The number of nitrogens with one attached hydrogen (secondary N) is 5. The number of benzene rings is 2. The number of aromatic hydroxyl groups is 1. The highest BCUT2D eigenvalue weighted by molar-refractivity contribution is 8.00. The monoisotopic (exact) mass is 702 g/mol. The fourth-order valence-electron chi connectivity index (χ4n) is 7.66. The van der Waals surface area contributed by atoms with Gasteiger partial charge in [0.15, 0.2) is 12.4 Å². The molecule has 2 aromatic heterocycles. The van der Waals surface area contributed by atoms with Crippen molar-refractivity contribution in [2.24, 2.45) is 5.73 Å². The lowest BCUT2D eigenvalue weighted by Gasteiger charge is -2.19. The van der Waals surface area contributed by atoms with Gasteiger partial charge < -0.3 is 37.1 Å². The molecule has 4 amide bonds. The van der Waals surface area contributed by atoms with Gasteiger partial charge in [0.25, 0.3) is 0 Å². The number of phenols is 1. The normalized spacial score (nSPS) is 19.1. The molecule has 12 heteroatoms. The summed E-state index contributed by atoms with van der Waals surface area (Å²) in [5.74, 6) is 0.980. The number of aryl methyl sites for hydroxylation is 3. The molecule has 11 nitrogen and oxygen atoms in total. The number of carbonyl (C=O) groups excluding carboxylic acids is 3. The lowest BCUT2D eigenvalue weighted by molar-refractivity contribution is -0.696. The molecule has 2 aromatic carbocycles. The van der Waals surface area contributed by atoms with Gasteiger partial charge in [0, 0.05) is 58.1 Å². The van der Waals surface area contributed by atoms with E-state index in [2.05, 4.69) is 63.1 Å². The van der Waals surface area contributed by atoms with Gasteiger partial charge in [-0.15, -0.1) is 0 Å². The predicted octanol–water partition coefficient (Wildman–Crippen LogP) is 4.71. The van der Waals surface area contributed by atoms with Gasteiger partial charge in [0.05, 0.1) is 17.6 Å². The zero-order chi connectivity index (χ0) is 35.2. The number of pyridine rings is 1. The van der Waals surface area contributed by atoms with E-state index in [0.717, 1.165) is 85.5 Å². The van der Waals surface area contributed by atoms with Crippen LogP contribution in [0.4, 0.5) is 4.79 Å². The van der Waals surface area contributed by atoms with E-state index in [1.807, 2.05) is 23.9 Å². The minimum Gasteiger partial charge on any atom is -0.508 e. The number of H-pyrrole nitrogens is 1. The van der Waals surface area contributed by atoms with Crippen molar-refractivity contribution in [2.45, 2.75) is 108 Å². The Balaban J connectivity index is 0.942. The van der Waals surface area contributed by atoms with Crippen molar-refractivity contribution in [3.05, 3.63) is 47.8 Å². The molecule has 2 aliphatic rings. The zero-order valence-electron chi connectivity index (χ0n) is 29.3. The van der Waals surface area contributed by atoms with Gasteiger partial charge in [-0.2, -0.15) is 11.8 Å². The number of amides is 4. The van der Waals surface area contributed by atoms with E-state index in [1.165, 1.54) is 21.9 Å². The van der Waals surface area contributed by atoms with Crippen molar-refractivity contribution in [1.29, 1.82) is 0 Å². The number of hydrogen-bond donors (Lipinski definition) is 7. The zero-order valence-corrected chi connectivity index (χ0v) is 30.1. The number of aromatic nitrogens is 2. The minimum atomic E-state index is -0.549. The van der Waals surface area contributed by atoms with Gasteiger partial charge in [-0.1, -0.05) is 6.42 Å². The first-order chi connectivity index (χ1) is 24.2. The number of urea groups is 1. The maximum Gasteiger partial charge on any atom is 0.315 e. The summed E-state index contributed by atoms with van der Waals surface area (Å²) in [6.07, 6.45) is 12.4. The summed E-state index contributed by atoms with van der Waals surface area (Å²) in [7, 11) is 0. The molecule has 8 N–H and O–H groups in total. The number of carbonyl (C=O) groups is 3. The second kappa shape index (κ2) is 16.3. The summed E-state index contributed by atoms with van der Waals surface area (Å²) in [6.45, 7) is 6.31. The molecule has 0 radical (unpaired) electrons. The molecule has 0 saturated carbocycles. The molecule has 0 spiro atoms. The van der Waals surface area contributed by atoms with Crippen LogP contribution in [0.15, 0.2) is 36.7 Å². The minimum absolute atomic E-state index is 0.0781. The Hall–Kier alpha value is -4.03. The average Bonchev–Trinajstić information content (AvgIpc) is 3.79. The largest absolute Gasteiger partial charge is 0.508 e. The van der Waals surface area contributed by atoms with Crippen LogP contribution in [0.5, 0.6) is 5.75 Å². The highest BCUT2D eigenvalue weighted by Gasteiger charge is 2.42. The van der Waals surface area contributed by atoms with Crippen LogP contribution in [-0.2, 0) is 16.1 Å². The number of thioether (sulfide) groups is 1. The van der Waals surface area contributed by atoms with Crippen molar-refractivity contribution in [1.82, 2.24) is 26.3 Å². The van der Waals surface area contributed by atoms with Gasteiger partial charge in [-0.25, -0.2) is 9.36 Å². The SMILES string of the molecule is Cc1c2cc[n+](CCCCCNC(=O)C(CCCCN)NC(=O)CCCCC3SCC4NC(=O)NC43)cc2c(C)c2c1[nH]c1ccc(O)cc12. The molecule has 6 rings (SSSR count). The van der Waals surface area contributed by atoms with E-state index in [4.69, 9.17) is 5.73 Å². The Bertz CT molecular complexity index is 1860. The van der Waals surface area contributed by atoms with Crippen molar-refractivity contribution in [2.75, 3.05) is 18.8 Å². The molecule has 4 unspecified atom stereocenters. The van der Waals surface area contributed by atoms with Crippen molar-refractivity contribution >= 4 is 62.2 Å². The van der Waals surface area contributed by atoms with E-state index in [9.17, 15) is 19.5 Å². The first-order valence-corrected chi connectivity index (χ1v) is 19.3. The van der Waals surface area contributed by atoms with E-state index in [-0.39, 0.29) is 35.7 Å². The lowest BCUT2D eigenvalue weighted by atomic mass is 9.97.